The van der Waals surface area contributed by atoms with E-state index in [0.717, 1.165) is 64.5 Å². The summed E-state index contributed by atoms with van der Waals surface area (Å²) < 4.78 is 6.04. The number of hydrogen-bond acceptors (Lipinski definition) is 4. The number of carbonyl (C=O) groups excluding carboxylic acids is 1. The summed E-state index contributed by atoms with van der Waals surface area (Å²) in [7, 11) is 0. The molecule has 21 heavy (non-hydrogen) atoms. The lowest BCUT2D eigenvalue weighted by Crippen LogP contribution is -2.63. The number of unbranched alkanes of at least 4 members (excludes halogenated alkanes) is 1. The molecule has 2 aliphatic heterocycles. The molecule has 2 heterocycles. The molecule has 120 valence electrons. The minimum absolute atomic E-state index is 0.0272. The molecule has 0 aliphatic carbocycles. The summed E-state index contributed by atoms with van der Waals surface area (Å²) in [4.78, 5) is 14.8. The summed E-state index contributed by atoms with van der Waals surface area (Å²) in [5.74, 6) is -0.583. The van der Waals surface area contributed by atoms with E-state index in [0.29, 0.717) is 0 Å². The van der Waals surface area contributed by atoms with Crippen LogP contribution in [0.5, 0.6) is 0 Å². The molecule has 0 bridgehead atoms. The fourth-order valence-corrected chi connectivity index (χ4v) is 3.24. The maximum Gasteiger partial charge on any atom is 0.312 e. The fourth-order valence-electron chi connectivity index (χ4n) is 3.24. The molecule has 0 amide bonds. The molecular formula is C17H30N2O2. The molecule has 1 N–H and O–H groups in total. The number of nitrogens with one attached hydrogen (secondary N) is 1. The highest BCUT2D eigenvalue weighted by molar-refractivity contribution is 5.72. The second-order valence-corrected chi connectivity index (χ2v) is 6.20. The number of nitrogens with zero attached hydrogens (tertiary/aromatic N) is 1. The Bertz CT molecular complexity index is 370. The monoisotopic (exact) mass is 294 g/mol. The van der Waals surface area contributed by atoms with E-state index in [1.165, 1.54) is 0 Å². The van der Waals surface area contributed by atoms with E-state index >= 15 is 0 Å². The van der Waals surface area contributed by atoms with Gasteiger partial charge in [0, 0.05) is 25.7 Å². The van der Waals surface area contributed by atoms with Gasteiger partial charge in [0.15, 0.2) is 0 Å². The Kier molecular flexibility index (Phi) is 6.09. The van der Waals surface area contributed by atoms with E-state index < -0.39 is 5.85 Å². The van der Waals surface area contributed by atoms with E-state index in [9.17, 15) is 4.79 Å². The average Bonchev–Trinajstić information content (AvgIpc) is 2.70. The Morgan fingerprint density at radius 2 is 2.29 bits per heavy atom. The van der Waals surface area contributed by atoms with Crippen LogP contribution in [0, 0.1) is 5.92 Å². The van der Waals surface area contributed by atoms with Gasteiger partial charge in [0.25, 0.3) is 0 Å². The molecule has 2 rings (SSSR count). The Hall–Kier alpha value is -1.03. The van der Waals surface area contributed by atoms with Gasteiger partial charge in [-0.1, -0.05) is 32.8 Å². The molecule has 0 aromatic carbocycles. The van der Waals surface area contributed by atoms with Crippen molar-refractivity contribution in [3.05, 3.63) is 12.3 Å². The third-order valence-electron chi connectivity index (χ3n) is 4.61. The van der Waals surface area contributed by atoms with Crippen LogP contribution in [0.1, 0.15) is 65.2 Å². The Morgan fingerprint density at radius 1 is 1.43 bits per heavy atom. The summed E-state index contributed by atoms with van der Waals surface area (Å²) in [6.07, 6.45) is 12.4. The van der Waals surface area contributed by atoms with E-state index in [-0.39, 0.29) is 11.9 Å². The molecule has 0 aromatic rings. The number of allylic oxidation sites excluding steroid dienone is 1. The minimum atomic E-state index is -0.595. The summed E-state index contributed by atoms with van der Waals surface area (Å²) in [6.45, 7) is 6.13. The third kappa shape index (κ3) is 4.00. The summed E-state index contributed by atoms with van der Waals surface area (Å²) in [6, 6.07) is 0. The average molecular weight is 294 g/mol. The fraction of sp³-hybridized carbons (Fsp3) is 0.824. The van der Waals surface area contributed by atoms with Gasteiger partial charge in [0.2, 0.25) is 5.85 Å². The Labute approximate surface area is 128 Å². The molecule has 1 saturated heterocycles. The molecule has 4 nitrogen and oxygen atoms in total. The molecule has 0 spiro atoms. The van der Waals surface area contributed by atoms with E-state index in [4.69, 9.17) is 4.74 Å². The Morgan fingerprint density at radius 3 is 3.05 bits per heavy atom. The van der Waals surface area contributed by atoms with Crippen molar-refractivity contribution in [1.29, 1.82) is 0 Å². The molecule has 0 radical (unpaired) electrons. The van der Waals surface area contributed by atoms with E-state index in [1.807, 2.05) is 0 Å². The van der Waals surface area contributed by atoms with Crippen molar-refractivity contribution in [2.45, 2.75) is 71.1 Å². The first-order valence-electron chi connectivity index (χ1n) is 8.63. The largest absolute Gasteiger partial charge is 0.425 e. The van der Waals surface area contributed by atoms with Crippen LogP contribution in [0.2, 0.25) is 0 Å². The first-order chi connectivity index (χ1) is 10.2. The number of rotatable bonds is 6. The highest BCUT2D eigenvalue weighted by Crippen LogP contribution is 2.30. The third-order valence-corrected chi connectivity index (χ3v) is 4.61. The number of hydrogen-bond donors (Lipinski definition) is 1. The maximum atomic E-state index is 12.6. The molecule has 2 aliphatic rings. The SMILES string of the molecule is CCCCC(CC)C(=O)OC12CCCC=CN1CCCN2. The van der Waals surface area contributed by atoms with Crippen molar-refractivity contribution < 1.29 is 9.53 Å². The van der Waals surface area contributed by atoms with Crippen molar-refractivity contribution in [1.82, 2.24) is 10.2 Å². The van der Waals surface area contributed by atoms with Crippen LogP contribution in [-0.2, 0) is 9.53 Å². The lowest BCUT2D eigenvalue weighted by atomic mass is 9.99. The van der Waals surface area contributed by atoms with Gasteiger partial charge in [-0.15, -0.1) is 0 Å². The highest BCUT2D eigenvalue weighted by Gasteiger charge is 2.42. The topological polar surface area (TPSA) is 41.6 Å². The van der Waals surface area contributed by atoms with Crippen molar-refractivity contribution in [2.75, 3.05) is 13.1 Å². The van der Waals surface area contributed by atoms with E-state index in [2.05, 4.69) is 36.3 Å². The molecule has 4 heteroatoms. The zero-order chi connectivity index (χ0) is 15.1. The van der Waals surface area contributed by atoms with Gasteiger partial charge < -0.3 is 9.64 Å². The molecule has 0 saturated carbocycles. The van der Waals surface area contributed by atoms with Crippen LogP contribution < -0.4 is 5.32 Å². The number of carbonyl (C=O) groups is 1. The highest BCUT2D eigenvalue weighted by atomic mass is 16.6. The maximum absolute atomic E-state index is 12.6. The normalized spacial score (nSPS) is 26.9. The molecule has 2 atom stereocenters. The van der Waals surface area contributed by atoms with Gasteiger partial charge in [-0.3, -0.25) is 10.1 Å². The summed E-state index contributed by atoms with van der Waals surface area (Å²) in [5.41, 5.74) is 0. The first kappa shape index (κ1) is 16.3. The second kappa shape index (κ2) is 7.83. The van der Waals surface area contributed by atoms with Gasteiger partial charge in [0.05, 0.1) is 5.92 Å². The van der Waals surface area contributed by atoms with Crippen molar-refractivity contribution in [3.8, 4) is 0 Å². The van der Waals surface area contributed by atoms with Gasteiger partial charge in [-0.25, -0.2) is 0 Å². The van der Waals surface area contributed by atoms with Gasteiger partial charge in [-0.05, 0) is 32.1 Å². The summed E-state index contributed by atoms with van der Waals surface area (Å²) >= 11 is 0. The molecule has 2 unspecified atom stereocenters. The molecular weight excluding hydrogens is 264 g/mol. The van der Waals surface area contributed by atoms with Gasteiger partial charge in [0.1, 0.15) is 0 Å². The quantitative estimate of drug-likeness (QED) is 0.762. The van der Waals surface area contributed by atoms with Crippen LogP contribution in [-0.4, -0.2) is 29.8 Å². The van der Waals surface area contributed by atoms with Crippen LogP contribution in [0.25, 0.3) is 0 Å². The summed E-state index contributed by atoms with van der Waals surface area (Å²) in [5, 5.41) is 3.47. The van der Waals surface area contributed by atoms with Crippen LogP contribution >= 0.6 is 0 Å². The molecule has 0 aromatic heterocycles. The lowest BCUT2D eigenvalue weighted by Gasteiger charge is -2.46. The van der Waals surface area contributed by atoms with Crippen LogP contribution in [0.15, 0.2) is 12.3 Å². The molecule has 1 fully saturated rings. The van der Waals surface area contributed by atoms with Crippen molar-refractivity contribution >= 4 is 5.97 Å². The number of ether oxygens (including phenoxy) is 1. The number of esters is 1. The second-order valence-electron chi connectivity index (χ2n) is 6.20. The van der Waals surface area contributed by atoms with E-state index in [1.54, 1.807) is 0 Å². The van der Waals surface area contributed by atoms with Crippen LogP contribution in [0.4, 0.5) is 0 Å². The zero-order valence-corrected chi connectivity index (χ0v) is 13.6. The minimum Gasteiger partial charge on any atom is -0.425 e. The van der Waals surface area contributed by atoms with Crippen LogP contribution in [0.3, 0.4) is 0 Å². The standard InChI is InChI=1S/C17H30N2O2/c1-3-5-10-15(4-2)16(20)21-17-11-7-6-8-13-19(17)14-9-12-18-17/h8,13,15,18H,3-7,9-12,14H2,1-2H3. The predicted octanol–water partition coefficient (Wildman–Crippen LogP) is 3.39. The van der Waals surface area contributed by atoms with Crippen molar-refractivity contribution in [2.24, 2.45) is 5.92 Å². The Balaban J connectivity index is 2.06. The number of fused-ring (bicyclic) bond motifs is 1. The lowest BCUT2D eigenvalue weighted by molar-refractivity contribution is -0.200. The van der Waals surface area contributed by atoms with Gasteiger partial charge in [-0.2, -0.15) is 0 Å². The van der Waals surface area contributed by atoms with Gasteiger partial charge >= 0.3 is 5.97 Å². The zero-order valence-electron chi connectivity index (χ0n) is 13.6. The first-order valence-corrected chi connectivity index (χ1v) is 8.63. The predicted molar refractivity (Wildman–Crippen MR) is 84.4 cm³/mol. The van der Waals surface area contributed by atoms with Crippen molar-refractivity contribution in [3.63, 3.8) is 0 Å². The smallest absolute Gasteiger partial charge is 0.312 e.